The summed E-state index contributed by atoms with van der Waals surface area (Å²) >= 11 is 0. The standard InChI is InChI=1S/C18H22F2N2O4S/c1-11-4-7-13(19)14(15(11)20)16(23)22-9-3-8-18(2,10-22)17(24)21-27(25,26)12-5-6-12/h4,7,12H,3,5-6,8-10H2,1-2H3,(H,21,24). The van der Waals surface area contributed by atoms with Crippen LogP contribution in [0, 0.1) is 24.0 Å². The fourth-order valence-corrected chi connectivity index (χ4v) is 4.75. The first-order valence-corrected chi connectivity index (χ1v) is 10.4. The minimum atomic E-state index is -3.71. The van der Waals surface area contributed by atoms with E-state index in [9.17, 15) is 26.8 Å². The molecule has 1 aliphatic heterocycles. The maximum atomic E-state index is 14.3. The number of aryl methyl sites for hydroxylation is 1. The van der Waals surface area contributed by atoms with Crippen LogP contribution in [0.3, 0.4) is 0 Å². The molecule has 9 heteroatoms. The van der Waals surface area contributed by atoms with E-state index >= 15 is 0 Å². The van der Waals surface area contributed by atoms with E-state index in [1.54, 1.807) is 6.92 Å². The smallest absolute Gasteiger partial charge is 0.259 e. The number of rotatable bonds is 4. The number of nitrogens with zero attached hydrogens (tertiary/aromatic N) is 1. The number of nitrogens with one attached hydrogen (secondary N) is 1. The third kappa shape index (κ3) is 3.83. The number of halogens is 2. The van der Waals surface area contributed by atoms with Crippen LogP contribution >= 0.6 is 0 Å². The van der Waals surface area contributed by atoms with Crippen molar-refractivity contribution >= 4 is 21.8 Å². The van der Waals surface area contributed by atoms with Crippen LogP contribution in [0.5, 0.6) is 0 Å². The van der Waals surface area contributed by atoms with Gasteiger partial charge in [0, 0.05) is 13.1 Å². The number of amides is 2. The van der Waals surface area contributed by atoms with E-state index in [1.165, 1.54) is 17.9 Å². The summed E-state index contributed by atoms with van der Waals surface area (Å²) < 4.78 is 54.5. The van der Waals surface area contributed by atoms with Crippen LogP contribution in [0.25, 0.3) is 0 Å². The van der Waals surface area contributed by atoms with Crippen molar-refractivity contribution in [1.82, 2.24) is 9.62 Å². The molecule has 27 heavy (non-hydrogen) atoms. The Kier molecular flexibility index (Phi) is 5.00. The molecule has 1 aliphatic carbocycles. The SMILES string of the molecule is Cc1ccc(F)c(C(=O)N2CCCC(C)(C(=O)NS(=O)(=O)C3CC3)C2)c1F. The van der Waals surface area contributed by atoms with Crippen molar-refractivity contribution < 1.29 is 26.8 Å². The molecule has 2 fully saturated rings. The quantitative estimate of drug-likeness (QED) is 0.839. The van der Waals surface area contributed by atoms with Gasteiger partial charge in [-0.15, -0.1) is 0 Å². The Morgan fingerprint density at radius 2 is 1.93 bits per heavy atom. The molecule has 1 aromatic carbocycles. The predicted molar refractivity (Wildman–Crippen MR) is 94.4 cm³/mol. The second-order valence-corrected chi connectivity index (χ2v) is 9.58. The summed E-state index contributed by atoms with van der Waals surface area (Å²) in [5.74, 6) is -3.40. The maximum absolute atomic E-state index is 14.3. The minimum absolute atomic E-state index is 0.106. The highest BCUT2D eigenvalue weighted by Crippen LogP contribution is 2.33. The molecule has 1 N–H and O–H groups in total. The van der Waals surface area contributed by atoms with E-state index < -0.39 is 49.7 Å². The number of piperidine rings is 1. The molecule has 1 unspecified atom stereocenters. The number of benzene rings is 1. The average molecular weight is 400 g/mol. The average Bonchev–Trinajstić information content (AvgIpc) is 3.44. The fourth-order valence-electron chi connectivity index (χ4n) is 3.32. The first-order valence-electron chi connectivity index (χ1n) is 8.85. The number of likely N-dealkylation sites (tertiary alicyclic amines) is 1. The van der Waals surface area contributed by atoms with Gasteiger partial charge >= 0.3 is 0 Å². The van der Waals surface area contributed by atoms with Crippen molar-refractivity contribution in [2.45, 2.75) is 44.8 Å². The van der Waals surface area contributed by atoms with Gasteiger partial charge in [0.1, 0.15) is 17.2 Å². The molecule has 0 bridgehead atoms. The van der Waals surface area contributed by atoms with Gasteiger partial charge in [-0.05, 0) is 51.2 Å². The van der Waals surface area contributed by atoms with Crippen molar-refractivity contribution in [2.24, 2.45) is 5.41 Å². The highest BCUT2D eigenvalue weighted by molar-refractivity contribution is 7.90. The Hall–Kier alpha value is -2.03. The van der Waals surface area contributed by atoms with Gasteiger partial charge in [0.05, 0.1) is 10.7 Å². The Bertz CT molecular complexity index is 899. The minimum Gasteiger partial charge on any atom is -0.337 e. The number of hydrogen-bond acceptors (Lipinski definition) is 4. The van der Waals surface area contributed by atoms with Crippen molar-refractivity contribution in [3.63, 3.8) is 0 Å². The largest absolute Gasteiger partial charge is 0.337 e. The van der Waals surface area contributed by atoms with Gasteiger partial charge in [0.2, 0.25) is 15.9 Å². The number of sulfonamides is 1. The number of carbonyl (C=O) groups is 2. The lowest BCUT2D eigenvalue weighted by atomic mass is 9.81. The first kappa shape index (κ1) is 19.7. The summed E-state index contributed by atoms with van der Waals surface area (Å²) in [4.78, 5) is 26.5. The third-order valence-electron chi connectivity index (χ3n) is 5.23. The Balaban J connectivity index is 1.80. The van der Waals surface area contributed by atoms with Crippen LogP contribution in [-0.4, -0.2) is 43.5 Å². The zero-order valence-electron chi connectivity index (χ0n) is 15.2. The third-order valence-corrected chi connectivity index (χ3v) is 7.05. The molecule has 1 atom stereocenters. The monoisotopic (exact) mass is 400 g/mol. The van der Waals surface area contributed by atoms with Crippen LogP contribution in [-0.2, 0) is 14.8 Å². The van der Waals surface area contributed by atoms with E-state index in [0.29, 0.717) is 25.7 Å². The first-order chi connectivity index (χ1) is 12.5. The van der Waals surface area contributed by atoms with Crippen LogP contribution < -0.4 is 4.72 Å². The summed E-state index contributed by atoms with van der Waals surface area (Å²) in [5.41, 5.74) is -1.65. The zero-order valence-corrected chi connectivity index (χ0v) is 16.0. The topological polar surface area (TPSA) is 83.6 Å². The van der Waals surface area contributed by atoms with Crippen LogP contribution in [0.2, 0.25) is 0 Å². The molecular weight excluding hydrogens is 378 g/mol. The maximum Gasteiger partial charge on any atom is 0.259 e. The van der Waals surface area contributed by atoms with E-state index in [2.05, 4.69) is 4.72 Å². The predicted octanol–water partition coefficient (Wildman–Crippen LogP) is 2.12. The molecule has 148 valence electrons. The van der Waals surface area contributed by atoms with Gasteiger partial charge in [-0.1, -0.05) is 6.07 Å². The van der Waals surface area contributed by atoms with Crippen LogP contribution in [0.15, 0.2) is 12.1 Å². The Labute approximate surface area is 157 Å². The van der Waals surface area contributed by atoms with Gasteiger partial charge in [0.15, 0.2) is 0 Å². The molecule has 6 nitrogen and oxygen atoms in total. The molecule has 2 aliphatic rings. The molecule has 3 rings (SSSR count). The lowest BCUT2D eigenvalue weighted by molar-refractivity contribution is -0.130. The summed E-state index contributed by atoms with van der Waals surface area (Å²) in [7, 11) is -3.71. The van der Waals surface area contributed by atoms with Crippen molar-refractivity contribution in [3.05, 3.63) is 34.9 Å². The number of hydrogen-bond donors (Lipinski definition) is 1. The molecule has 0 aromatic heterocycles. The normalized spacial score (nSPS) is 23.2. The molecule has 2 amide bonds. The van der Waals surface area contributed by atoms with E-state index in [0.717, 1.165) is 6.07 Å². The molecular formula is C18H22F2N2O4S. The summed E-state index contributed by atoms with van der Waals surface area (Å²) in [6, 6.07) is 2.28. The Morgan fingerprint density at radius 3 is 2.56 bits per heavy atom. The summed E-state index contributed by atoms with van der Waals surface area (Å²) in [6.07, 6.45) is 1.85. The zero-order chi connectivity index (χ0) is 20.0. The second-order valence-electron chi connectivity index (χ2n) is 7.62. The molecule has 1 saturated heterocycles. The molecule has 0 spiro atoms. The second kappa shape index (κ2) is 6.85. The van der Waals surface area contributed by atoms with E-state index in [4.69, 9.17) is 0 Å². The summed E-state index contributed by atoms with van der Waals surface area (Å²) in [5, 5.41) is -0.540. The molecule has 1 heterocycles. The van der Waals surface area contributed by atoms with E-state index in [1.807, 2.05) is 0 Å². The fraction of sp³-hybridized carbons (Fsp3) is 0.556. The molecule has 1 aromatic rings. The van der Waals surface area contributed by atoms with Gasteiger partial charge in [-0.25, -0.2) is 17.2 Å². The lowest BCUT2D eigenvalue weighted by Crippen LogP contribution is -2.53. The van der Waals surface area contributed by atoms with Crippen LogP contribution in [0.1, 0.15) is 48.5 Å². The number of carbonyl (C=O) groups excluding carboxylic acids is 2. The van der Waals surface area contributed by atoms with Gasteiger partial charge < -0.3 is 4.90 Å². The van der Waals surface area contributed by atoms with Gasteiger partial charge in [-0.3, -0.25) is 14.3 Å². The van der Waals surface area contributed by atoms with Gasteiger partial charge in [0.25, 0.3) is 5.91 Å². The van der Waals surface area contributed by atoms with Crippen molar-refractivity contribution in [3.8, 4) is 0 Å². The van der Waals surface area contributed by atoms with Crippen molar-refractivity contribution in [1.29, 1.82) is 0 Å². The molecule has 0 radical (unpaired) electrons. The summed E-state index contributed by atoms with van der Waals surface area (Å²) in [6.45, 7) is 3.13. The molecule has 1 saturated carbocycles. The highest BCUT2D eigenvalue weighted by atomic mass is 32.2. The van der Waals surface area contributed by atoms with Gasteiger partial charge in [-0.2, -0.15) is 0 Å². The van der Waals surface area contributed by atoms with E-state index in [-0.39, 0.29) is 18.7 Å². The van der Waals surface area contributed by atoms with Crippen LogP contribution in [0.4, 0.5) is 8.78 Å². The van der Waals surface area contributed by atoms with Crippen molar-refractivity contribution in [2.75, 3.05) is 13.1 Å². The highest BCUT2D eigenvalue weighted by Gasteiger charge is 2.44. The lowest BCUT2D eigenvalue weighted by Gasteiger charge is -2.39. The Morgan fingerprint density at radius 1 is 1.26 bits per heavy atom.